The third kappa shape index (κ3) is 1.96. The molecule has 0 aliphatic carbocycles. The van der Waals surface area contributed by atoms with Crippen LogP contribution < -0.4 is 4.90 Å². The number of fused-ring (bicyclic) bond motifs is 3. The van der Waals surface area contributed by atoms with Crippen LogP contribution in [-0.4, -0.2) is 13.1 Å². The molecule has 1 N–H and O–H groups in total. The lowest BCUT2D eigenvalue weighted by atomic mass is 9.95. The molecule has 1 fully saturated rings. The van der Waals surface area contributed by atoms with Crippen LogP contribution in [-0.2, 0) is 24.5 Å². The molecule has 2 aliphatic rings. The van der Waals surface area contributed by atoms with Gasteiger partial charge in [-0.25, -0.2) is 0 Å². The molecule has 0 aromatic heterocycles. The summed E-state index contributed by atoms with van der Waals surface area (Å²) >= 11 is 0. The minimum Gasteiger partial charge on any atom is -0.372 e. The van der Waals surface area contributed by atoms with E-state index >= 15 is 0 Å². The number of quaternary nitrogens is 1. The summed E-state index contributed by atoms with van der Waals surface area (Å²) in [7, 11) is 0. The second-order valence-corrected chi connectivity index (χ2v) is 5.84. The molecule has 2 aromatic rings. The normalized spacial score (nSPS) is 19.2. The lowest BCUT2D eigenvalue weighted by Crippen LogP contribution is -3.08. The van der Waals surface area contributed by atoms with E-state index in [1.54, 1.807) is 4.90 Å². The first kappa shape index (κ1) is 11.4. The highest BCUT2D eigenvalue weighted by Gasteiger charge is 2.23. The highest BCUT2D eigenvalue weighted by Crippen LogP contribution is 2.31. The number of hydrogen-bond acceptors (Lipinski definition) is 1. The van der Waals surface area contributed by atoms with E-state index in [1.165, 1.54) is 59.9 Å². The van der Waals surface area contributed by atoms with Crippen molar-refractivity contribution in [2.24, 2.45) is 0 Å². The van der Waals surface area contributed by atoms with Crippen LogP contribution in [0.3, 0.4) is 0 Å². The van der Waals surface area contributed by atoms with E-state index in [9.17, 15) is 0 Å². The van der Waals surface area contributed by atoms with Crippen molar-refractivity contribution in [2.75, 3.05) is 13.1 Å². The number of ether oxygens (including phenoxy) is 1. The molecule has 0 atom stereocenters. The van der Waals surface area contributed by atoms with Gasteiger partial charge >= 0.3 is 0 Å². The van der Waals surface area contributed by atoms with Crippen molar-refractivity contribution in [3.8, 4) is 0 Å². The molecule has 0 amide bonds. The topological polar surface area (TPSA) is 13.7 Å². The average Bonchev–Trinajstić information content (AvgIpc) is 3.09. The molecule has 2 heteroatoms. The number of hydrogen-bond donors (Lipinski definition) is 1. The van der Waals surface area contributed by atoms with Gasteiger partial charge in [0.05, 0.1) is 26.3 Å². The molecule has 0 spiro atoms. The second-order valence-electron chi connectivity index (χ2n) is 5.84. The van der Waals surface area contributed by atoms with E-state index in [1.807, 2.05) is 0 Å². The van der Waals surface area contributed by atoms with Crippen molar-refractivity contribution in [3.05, 3.63) is 47.0 Å². The smallest absolute Gasteiger partial charge is 0.103 e. The van der Waals surface area contributed by atoms with E-state index in [4.69, 9.17) is 4.74 Å². The summed E-state index contributed by atoms with van der Waals surface area (Å²) in [5, 5.41) is 2.76. The predicted octanol–water partition coefficient (Wildman–Crippen LogP) is 2.05. The zero-order chi connectivity index (χ0) is 12.7. The van der Waals surface area contributed by atoms with Gasteiger partial charge in [0, 0.05) is 18.4 Å². The highest BCUT2D eigenvalue weighted by atomic mass is 16.5. The standard InChI is InChI=1S/C17H19NO/c1-2-6-15-13(5-1)9-14(10-18-7-3-4-8-18)16-11-19-12-17(15)16/h1-2,5-6,9H,3-4,7-8,10-12H2/p+1. The van der Waals surface area contributed by atoms with Crippen molar-refractivity contribution < 1.29 is 9.64 Å². The first-order valence-electron chi connectivity index (χ1n) is 7.35. The van der Waals surface area contributed by atoms with Gasteiger partial charge in [-0.2, -0.15) is 0 Å². The Bertz CT molecular complexity index is 614. The summed E-state index contributed by atoms with van der Waals surface area (Å²) in [5.41, 5.74) is 4.42. The Kier molecular flexibility index (Phi) is 2.78. The fourth-order valence-electron chi connectivity index (χ4n) is 3.61. The van der Waals surface area contributed by atoms with Crippen LogP contribution in [0.25, 0.3) is 10.8 Å². The van der Waals surface area contributed by atoms with Crippen LogP contribution in [0, 0.1) is 0 Å². The van der Waals surface area contributed by atoms with Crippen LogP contribution in [0.4, 0.5) is 0 Å². The second kappa shape index (κ2) is 4.62. The Hall–Kier alpha value is -1.38. The fourth-order valence-corrected chi connectivity index (χ4v) is 3.61. The molecule has 2 aromatic carbocycles. The molecule has 0 bridgehead atoms. The van der Waals surface area contributed by atoms with Gasteiger partial charge < -0.3 is 9.64 Å². The van der Waals surface area contributed by atoms with Crippen molar-refractivity contribution in [1.29, 1.82) is 0 Å². The van der Waals surface area contributed by atoms with Gasteiger partial charge in [-0.15, -0.1) is 0 Å². The summed E-state index contributed by atoms with van der Waals surface area (Å²) in [5.74, 6) is 0. The van der Waals surface area contributed by atoms with Crippen LogP contribution >= 0.6 is 0 Å². The predicted molar refractivity (Wildman–Crippen MR) is 76.1 cm³/mol. The summed E-state index contributed by atoms with van der Waals surface area (Å²) in [6.45, 7) is 5.45. The Balaban J connectivity index is 1.81. The van der Waals surface area contributed by atoms with Gasteiger partial charge in [0.25, 0.3) is 0 Å². The number of nitrogens with one attached hydrogen (secondary N) is 1. The van der Waals surface area contributed by atoms with Gasteiger partial charge in [0.2, 0.25) is 0 Å². The lowest BCUT2D eigenvalue weighted by molar-refractivity contribution is -0.901. The third-order valence-corrected chi connectivity index (χ3v) is 4.61. The number of benzene rings is 2. The molecule has 2 nitrogen and oxygen atoms in total. The largest absolute Gasteiger partial charge is 0.372 e. The Morgan fingerprint density at radius 1 is 1.00 bits per heavy atom. The third-order valence-electron chi connectivity index (χ3n) is 4.61. The zero-order valence-electron chi connectivity index (χ0n) is 11.2. The minimum atomic E-state index is 0.791. The summed E-state index contributed by atoms with van der Waals surface area (Å²) in [6.07, 6.45) is 2.78. The Morgan fingerprint density at radius 2 is 1.79 bits per heavy atom. The fraction of sp³-hybridized carbons (Fsp3) is 0.412. The molecule has 2 aliphatic heterocycles. The zero-order valence-corrected chi connectivity index (χ0v) is 11.2. The van der Waals surface area contributed by atoms with E-state index < -0.39 is 0 Å². The molecule has 0 unspecified atom stereocenters. The molecule has 2 heterocycles. The van der Waals surface area contributed by atoms with Crippen LogP contribution in [0.15, 0.2) is 30.3 Å². The van der Waals surface area contributed by atoms with Crippen LogP contribution in [0.2, 0.25) is 0 Å². The summed E-state index contributed by atoms with van der Waals surface area (Å²) < 4.78 is 5.72. The van der Waals surface area contributed by atoms with Crippen molar-refractivity contribution in [3.63, 3.8) is 0 Å². The van der Waals surface area contributed by atoms with Crippen molar-refractivity contribution in [1.82, 2.24) is 0 Å². The quantitative estimate of drug-likeness (QED) is 0.866. The van der Waals surface area contributed by atoms with Crippen LogP contribution in [0.1, 0.15) is 29.5 Å². The van der Waals surface area contributed by atoms with Gasteiger partial charge in [-0.1, -0.05) is 24.3 Å². The lowest BCUT2D eigenvalue weighted by Gasteiger charge is -2.16. The highest BCUT2D eigenvalue weighted by molar-refractivity contribution is 5.88. The minimum absolute atomic E-state index is 0.791. The summed E-state index contributed by atoms with van der Waals surface area (Å²) in [4.78, 5) is 1.74. The SMILES string of the molecule is c1ccc2c3c(c(C[NH+]4CCCC4)cc2c1)COC3. The maximum atomic E-state index is 5.72. The molecular formula is C17H20NO+. The van der Waals surface area contributed by atoms with E-state index in [-0.39, 0.29) is 0 Å². The molecule has 4 rings (SSSR count). The molecular weight excluding hydrogens is 234 g/mol. The molecule has 98 valence electrons. The molecule has 0 radical (unpaired) electrons. The van der Waals surface area contributed by atoms with Gasteiger partial charge in [0.15, 0.2) is 0 Å². The van der Waals surface area contributed by atoms with Crippen LogP contribution in [0.5, 0.6) is 0 Å². The first-order chi connectivity index (χ1) is 9.42. The monoisotopic (exact) mass is 254 g/mol. The van der Waals surface area contributed by atoms with E-state index in [0.717, 1.165) is 13.2 Å². The summed E-state index contributed by atoms with van der Waals surface area (Å²) in [6, 6.07) is 11.1. The number of rotatable bonds is 2. The van der Waals surface area contributed by atoms with Gasteiger partial charge in [0.1, 0.15) is 6.54 Å². The maximum Gasteiger partial charge on any atom is 0.103 e. The van der Waals surface area contributed by atoms with E-state index in [0.29, 0.717) is 0 Å². The van der Waals surface area contributed by atoms with Crippen molar-refractivity contribution >= 4 is 10.8 Å². The van der Waals surface area contributed by atoms with E-state index in [2.05, 4.69) is 30.3 Å². The Morgan fingerprint density at radius 3 is 2.68 bits per heavy atom. The van der Waals surface area contributed by atoms with Crippen molar-refractivity contribution in [2.45, 2.75) is 32.6 Å². The average molecular weight is 254 g/mol. The first-order valence-corrected chi connectivity index (χ1v) is 7.35. The molecule has 1 saturated heterocycles. The molecule has 0 saturated carbocycles. The molecule has 19 heavy (non-hydrogen) atoms. The Labute approximate surface area is 114 Å². The van der Waals surface area contributed by atoms with Gasteiger partial charge in [-0.3, -0.25) is 0 Å². The maximum absolute atomic E-state index is 5.72. The van der Waals surface area contributed by atoms with Gasteiger partial charge in [-0.05, 0) is 28.0 Å². The number of likely N-dealkylation sites (tertiary alicyclic amines) is 1.